The predicted molar refractivity (Wildman–Crippen MR) is 103 cm³/mol. The first kappa shape index (κ1) is 17.9. The van der Waals surface area contributed by atoms with Gasteiger partial charge in [0.25, 0.3) is 5.91 Å². The third-order valence-corrected chi connectivity index (χ3v) is 4.62. The second-order valence-corrected chi connectivity index (χ2v) is 6.52. The molecule has 6 nitrogen and oxygen atoms in total. The number of hydrogen-bond donors (Lipinski definition) is 1. The summed E-state index contributed by atoms with van der Waals surface area (Å²) in [6.45, 7) is -0.0416. The Morgan fingerprint density at radius 2 is 1.81 bits per heavy atom. The maximum Gasteiger partial charge on any atom is 0.254 e. The fourth-order valence-electron chi connectivity index (χ4n) is 2.54. The molecule has 0 fully saturated rings. The molecular weight excluding hydrogens is 348 g/mol. The highest BCUT2D eigenvalue weighted by Crippen LogP contribution is 2.24. The van der Waals surface area contributed by atoms with E-state index in [-0.39, 0.29) is 18.4 Å². The highest BCUT2D eigenvalue weighted by Gasteiger charge is 2.16. The van der Waals surface area contributed by atoms with Crippen molar-refractivity contribution < 1.29 is 9.59 Å². The van der Waals surface area contributed by atoms with Crippen LogP contribution in [0.1, 0.15) is 10.4 Å². The molecule has 2 amide bonds. The van der Waals surface area contributed by atoms with Crippen LogP contribution in [-0.4, -0.2) is 46.5 Å². The van der Waals surface area contributed by atoms with E-state index < -0.39 is 0 Å². The predicted octanol–water partition coefficient (Wildman–Crippen LogP) is 3.06. The Kier molecular flexibility index (Phi) is 5.48. The van der Waals surface area contributed by atoms with Crippen LogP contribution in [-0.2, 0) is 4.79 Å². The van der Waals surface area contributed by atoms with Gasteiger partial charge in [-0.05, 0) is 36.6 Å². The van der Waals surface area contributed by atoms with Crippen LogP contribution >= 0.6 is 11.8 Å². The molecule has 1 aromatic heterocycles. The molecular formula is C19H18N4O2S. The maximum atomic E-state index is 12.6. The molecule has 0 aliphatic heterocycles. The van der Waals surface area contributed by atoms with Gasteiger partial charge in [0.1, 0.15) is 0 Å². The molecule has 1 heterocycles. The molecule has 26 heavy (non-hydrogen) atoms. The number of benzene rings is 2. The molecule has 0 radical (unpaired) electrons. The minimum atomic E-state index is -0.247. The van der Waals surface area contributed by atoms with Gasteiger partial charge < -0.3 is 10.2 Å². The van der Waals surface area contributed by atoms with Crippen LogP contribution in [0, 0.1) is 0 Å². The van der Waals surface area contributed by atoms with E-state index in [1.807, 2.05) is 30.5 Å². The molecule has 3 aromatic rings. The number of hydrogen-bond acceptors (Lipinski definition) is 5. The summed E-state index contributed by atoms with van der Waals surface area (Å²) in [6.07, 6.45) is 5.13. The minimum Gasteiger partial charge on any atom is -0.332 e. The van der Waals surface area contributed by atoms with Crippen LogP contribution in [0.25, 0.3) is 11.0 Å². The lowest BCUT2D eigenvalue weighted by molar-refractivity contribution is -0.116. The topological polar surface area (TPSA) is 75.2 Å². The lowest BCUT2D eigenvalue weighted by atomic mass is 10.1. The van der Waals surface area contributed by atoms with Crippen molar-refractivity contribution in [2.75, 3.05) is 25.2 Å². The van der Waals surface area contributed by atoms with Gasteiger partial charge in [0.2, 0.25) is 5.91 Å². The van der Waals surface area contributed by atoms with E-state index in [1.54, 1.807) is 49.4 Å². The second kappa shape index (κ2) is 7.97. The molecule has 1 N–H and O–H groups in total. The zero-order valence-electron chi connectivity index (χ0n) is 14.5. The second-order valence-electron chi connectivity index (χ2n) is 5.67. The van der Waals surface area contributed by atoms with E-state index in [0.717, 1.165) is 16.1 Å². The number of carbonyl (C=O) groups excluding carboxylic acids is 2. The molecule has 2 aromatic carbocycles. The van der Waals surface area contributed by atoms with E-state index in [2.05, 4.69) is 15.3 Å². The molecule has 0 unspecified atom stereocenters. The van der Waals surface area contributed by atoms with Crippen molar-refractivity contribution in [2.24, 2.45) is 0 Å². The van der Waals surface area contributed by atoms with E-state index in [0.29, 0.717) is 11.1 Å². The molecule has 0 aliphatic carbocycles. The lowest BCUT2D eigenvalue weighted by Crippen LogP contribution is -2.35. The molecule has 7 heteroatoms. The lowest BCUT2D eigenvalue weighted by Gasteiger charge is -2.17. The summed E-state index contributed by atoms with van der Waals surface area (Å²) in [7, 11) is 1.60. The molecule has 0 bridgehead atoms. The van der Waals surface area contributed by atoms with Gasteiger partial charge >= 0.3 is 0 Å². The number of anilines is 1. The molecule has 0 atom stereocenters. The summed E-state index contributed by atoms with van der Waals surface area (Å²) in [5.74, 6) is -0.492. The zero-order valence-corrected chi connectivity index (χ0v) is 15.3. The average molecular weight is 366 g/mol. The van der Waals surface area contributed by atoms with Gasteiger partial charge in [-0.3, -0.25) is 19.6 Å². The van der Waals surface area contributed by atoms with Crippen LogP contribution in [0.3, 0.4) is 0 Å². The average Bonchev–Trinajstić information content (AvgIpc) is 2.67. The highest BCUT2D eigenvalue weighted by molar-refractivity contribution is 7.98. The quantitative estimate of drug-likeness (QED) is 0.703. The van der Waals surface area contributed by atoms with Crippen molar-refractivity contribution in [3.05, 3.63) is 60.4 Å². The summed E-state index contributed by atoms with van der Waals surface area (Å²) in [4.78, 5) is 35.6. The number of likely N-dealkylation sites (N-methyl/N-ethyl adjacent to an activating group) is 1. The SMILES string of the molecule is CSc1ccccc1NC(=O)CN(C)C(=O)c1ccc2nccnc2c1. The summed E-state index contributed by atoms with van der Waals surface area (Å²) in [5.41, 5.74) is 2.58. The van der Waals surface area contributed by atoms with Gasteiger partial charge in [0.15, 0.2) is 0 Å². The van der Waals surface area contributed by atoms with E-state index in [9.17, 15) is 9.59 Å². The van der Waals surface area contributed by atoms with Crippen molar-refractivity contribution in [1.29, 1.82) is 0 Å². The normalized spacial score (nSPS) is 10.5. The Morgan fingerprint density at radius 1 is 1.08 bits per heavy atom. The first-order valence-electron chi connectivity index (χ1n) is 7.97. The van der Waals surface area contributed by atoms with Crippen LogP contribution in [0.2, 0.25) is 0 Å². The van der Waals surface area contributed by atoms with Gasteiger partial charge in [0.05, 0.1) is 23.3 Å². The van der Waals surface area contributed by atoms with Crippen LogP contribution in [0.4, 0.5) is 5.69 Å². The van der Waals surface area contributed by atoms with Gasteiger partial charge in [-0.15, -0.1) is 11.8 Å². The molecule has 0 saturated carbocycles. The van der Waals surface area contributed by atoms with Gasteiger partial charge in [-0.25, -0.2) is 0 Å². The van der Waals surface area contributed by atoms with Gasteiger partial charge in [0, 0.05) is 29.9 Å². The van der Waals surface area contributed by atoms with E-state index >= 15 is 0 Å². The summed E-state index contributed by atoms with van der Waals surface area (Å²) >= 11 is 1.55. The number of nitrogens with one attached hydrogen (secondary N) is 1. The third kappa shape index (κ3) is 4.00. The number of para-hydroxylation sites is 1. The number of nitrogens with zero attached hydrogens (tertiary/aromatic N) is 3. The highest BCUT2D eigenvalue weighted by atomic mass is 32.2. The summed E-state index contributed by atoms with van der Waals surface area (Å²) in [6, 6.07) is 12.7. The largest absolute Gasteiger partial charge is 0.332 e. The number of amides is 2. The zero-order chi connectivity index (χ0) is 18.5. The van der Waals surface area contributed by atoms with Crippen LogP contribution in [0.5, 0.6) is 0 Å². The first-order chi connectivity index (χ1) is 12.6. The molecule has 0 aliphatic rings. The Balaban J connectivity index is 1.69. The number of rotatable bonds is 5. The van der Waals surface area contributed by atoms with Crippen LogP contribution in [0.15, 0.2) is 59.8 Å². The Labute approximate surface area is 155 Å². The van der Waals surface area contributed by atoms with Crippen molar-refractivity contribution in [3.63, 3.8) is 0 Å². The fraction of sp³-hybridized carbons (Fsp3) is 0.158. The van der Waals surface area contributed by atoms with Gasteiger partial charge in [-0.2, -0.15) is 0 Å². The monoisotopic (exact) mass is 366 g/mol. The van der Waals surface area contributed by atoms with Crippen molar-refractivity contribution in [3.8, 4) is 0 Å². The minimum absolute atomic E-state index is 0.0416. The maximum absolute atomic E-state index is 12.6. The first-order valence-corrected chi connectivity index (χ1v) is 9.20. The number of thioether (sulfide) groups is 1. The number of aromatic nitrogens is 2. The molecule has 0 spiro atoms. The van der Waals surface area contributed by atoms with Crippen molar-refractivity contribution in [2.45, 2.75) is 4.90 Å². The summed E-state index contributed by atoms with van der Waals surface area (Å²) < 4.78 is 0. The Bertz CT molecular complexity index is 961. The smallest absolute Gasteiger partial charge is 0.254 e. The van der Waals surface area contributed by atoms with E-state index in [4.69, 9.17) is 0 Å². The Morgan fingerprint density at radius 3 is 2.58 bits per heavy atom. The van der Waals surface area contributed by atoms with Crippen molar-refractivity contribution >= 4 is 40.3 Å². The molecule has 132 valence electrons. The van der Waals surface area contributed by atoms with Crippen LogP contribution < -0.4 is 5.32 Å². The van der Waals surface area contributed by atoms with Crippen molar-refractivity contribution in [1.82, 2.24) is 14.9 Å². The molecule has 0 saturated heterocycles. The number of carbonyl (C=O) groups is 2. The third-order valence-electron chi connectivity index (χ3n) is 3.82. The summed E-state index contributed by atoms with van der Waals surface area (Å²) in [5, 5.41) is 2.85. The van der Waals surface area contributed by atoms with Gasteiger partial charge in [-0.1, -0.05) is 12.1 Å². The fourth-order valence-corrected chi connectivity index (χ4v) is 3.10. The molecule has 3 rings (SSSR count). The van der Waals surface area contributed by atoms with E-state index in [1.165, 1.54) is 4.90 Å². The standard InChI is InChI=1S/C19H18N4O2S/c1-23(12-18(24)22-15-5-3-4-6-17(15)26-2)19(25)13-7-8-14-16(11-13)21-10-9-20-14/h3-11H,12H2,1-2H3,(H,22,24). The Hall–Kier alpha value is -2.93. The number of fused-ring (bicyclic) bond motifs is 1.